The molecule has 1 aliphatic rings. The summed E-state index contributed by atoms with van der Waals surface area (Å²) in [7, 11) is 0. The van der Waals surface area contributed by atoms with Gasteiger partial charge in [-0.25, -0.2) is 0 Å². The van der Waals surface area contributed by atoms with E-state index < -0.39 is 0 Å². The Bertz CT molecular complexity index is 687. The quantitative estimate of drug-likeness (QED) is 0.918. The number of carbonyl (C=O) groups excluding carboxylic acids is 1. The number of carbonyl (C=O) groups is 1. The maximum Gasteiger partial charge on any atom is 0.254 e. The van der Waals surface area contributed by atoms with E-state index in [1.165, 1.54) is 5.56 Å². The van der Waals surface area contributed by atoms with Crippen LogP contribution in [-0.2, 0) is 0 Å². The predicted molar refractivity (Wildman–Crippen MR) is 96.2 cm³/mol. The minimum Gasteiger partial charge on any atom is -0.336 e. The molecule has 2 atom stereocenters. The van der Waals surface area contributed by atoms with Crippen molar-refractivity contribution in [1.29, 1.82) is 0 Å². The van der Waals surface area contributed by atoms with Gasteiger partial charge in [0.2, 0.25) is 0 Å². The first-order valence-corrected chi connectivity index (χ1v) is 7.73. The summed E-state index contributed by atoms with van der Waals surface area (Å²) in [6, 6.07) is 16.3. The highest BCUT2D eigenvalue weighted by Gasteiger charge is 2.34. The van der Waals surface area contributed by atoms with Gasteiger partial charge in [0, 0.05) is 30.6 Å². The Hall–Kier alpha value is -1.84. The lowest BCUT2D eigenvalue weighted by molar-refractivity contribution is 0.0788. The van der Waals surface area contributed by atoms with Crippen molar-refractivity contribution in [2.45, 2.75) is 25.8 Å². The second kappa shape index (κ2) is 7.16. The highest BCUT2D eigenvalue weighted by Crippen LogP contribution is 2.28. The fraction of sp³-hybridized carbons (Fsp3) is 0.316. The number of amides is 1. The zero-order valence-electron chi connectivity index (χ0n) is 13.5. The molecule has 122 valence electrons. The highest BCUT2D eigenvalue weighted by molar-refractivity contribution is 5.96. The number of rotatable bonds is 2. The molecule has 0 unspecified atom stereocenters. The fourth-order valence-corrected chi connectivity index (χ4v) is 3.18. The van der Waals surface area contributed by atoms with Crippen LogP contribution in [-0.4, -0.2) is 29.9 Å². The van der Waals surface area contributed by atoms with E-state index >= 15 is 0 Å². The molecule has 0 saturated carbocycles. The molecule has 2 N–H and O–H groups in total. The van der Waals surface area contributed by atoms with Crippen molar-refractivity contribution in [3.05, 3.63) is 70.8 Å². The van der Waals surface area contributed by atoms with Gasteiger partial charge in [-0.3, -0.25) is 4.79 Å². The SMILES string of the molecule is Cc1ccc(C)c(C(=O)N2C[C@@H](N)[C@H](c3ccccc3)C2)c1.Cl. The van der Waals surface area contributed by atoms with Crippen molar-refractivity contribution in [3.63, 3.8) is 0 Å². The summed E-state index contributed by atoms with van der Waals surface area (Å²) in [6.45, 7) is 5.30. The zero-order valence-corrected chi connectivity index (χ0v) is 14.3. The largest absolute Gasteiger partial charge is 0.336 e. The van der Waals surface area contributed by atoms with Crippen LogP contribution in [0.1, 0.15) is 33.0 Å². The summed E-state index contributed by atoms with van der Waals surface area (Å²) in [4.78, 5) is 14.7. The standard InChI is InChI=1S/C19H22N2O.ClH/c1-13-8-9-14(2)16(10-13)19(22)21-11-17(18(20)12-21)15-6-4-3-5-7-15;/h3-10,17-18H,11-12,20H2,1-2H3;1H/t17-,18+;/m0./s1. The van der Waals surface area contributed by atoms with Crippen LogP contribution < -0.4 is 5.73 Å². The summed E-state index contributed by atoms with van der Waals surface area (Å²) in [5.74, 6) is 0.311. The topological polar surface area (TPSA) is 46.3 Å². The maximum absolute atomic E-state index is 12.8. The highest BCUT2D eigenvalue weighted by atomic mass is 35.5. The molecule has 3 nitrogen and oxygen atoms in total. The van der Waals surface area contributed by atoms with Gasteiger partial charge in [0.25, 0.3) is 5.91 Å². The van der Waals surface area contributed by atoms with Gasteiger partial charge in [-0.1, -0.05) is 48.0 Å². The van der Waals surface area contributed by atoms with Gasteiger partial charge >= 0.3 is 0 Å². The molecule has 1 saturated heterocycles. The Balaban J connectivity index is 0.00000192. The van der Waals surface area contributed by atoms with Crippen LogP contribution in [0, 0.1) is 13.8 Å². The number of nitrogens with zero attached hydrogens (tertiary/aromatic N) is 1. The molecule has 1 heterocycles. The van der Waals surface area contributed by atoms with Crippen LogP contribution in [0.3, 0.4) is 0 Å². The Morgan fingerprint density at radius 1 is 1.09 bits per heavy atom. The predicted octanol–water partition coefficient (Wildman–Crippen LogP) is 3.29. The van der Waals surface area contributed by atoms with Crippen LogP contribution in [0.2, 0.25) is 0 Å². The summed E-state index contributed by atoms with van der Waals surface area (Å²) in [6.07, 6.45) is 0. The van der Waals surface area contributed by atoms with Crippen LogP contribution >= 0.6 is 12.4 Å². The lowest BCUT2D eigenvalue weighted by Gasteiger charge is -2.18. The molecule has 1 fully saturated rings. The minimum atomic E-state index is -0.00327. The molecule has 0 aromatic heterocycles. The average Bonchev–Trinajstić information content (AvgIpc) is 2.92. The smallest absolute Gasteiger partial charge is 0.254 e. The van der Waals surface area contributed by atoms with Crippen molar-refractivity contribution in [3.8, 4) is 0 Å². The van der Waals surface area contributed by atoms with Gasteiger partial charge in [-0.15, -0.1) is 12.4 Å². The van der Waals surface area contributed by atoms with Gasteiger partial charge in [0.15, 0.2) is 0 Å². The number of nitrogens with two attached hydrogens (primary N) is 1. The third-order valence-corrected chi connectivity index (χ3v) is 4.50. The van der Waals surface area contributed by atoms with Gasteiger partial charge in [0.05, 0.1) is 0 Å². The van der Waals surface area contributed by atoms with E-state index in [1.807, 2.05) is 55.1 Å². The molecule has 1 aliphatic heterocycles. The maximum atomic E-state index is 12.8. The molecule has 0 spiro atoms. The molecule has 3 rings (SSSR count). The molecule has 1 amide bonds. The van der Waals surface area contributed by atoms with Crippen molar-refractivity contribution in [1.82, 2.24) is 4.90 Å². The molecule has 23 heavy (non-hydrogen) atoms. The first-order valence-electron chi connectivity index (χ1n) is 7.73. The summed E-state index contributed by atoms with van der Waals surface area (Å²) in [5, 5.41) is 0. The molecule has 4 heteroatoms. The number of hydrogen-bond donors (Lipinski definition) is 1. The Morgan fingerprint density at radius 2 is 1.78 bits per heavy atom. The first kappa shape index (κ1) is 17.5. The second-order valence-corrected chi connectivity index (χ2v) is 6.21. The molecule has 2 aromatic rings. The number of likely N-dealkylation sites (tertiary alicyclic amines) is 1. The molecule has 0 bridgehead atoms. The van der Waals surface area contributed by atoms with E-state index in [1.54, 1.807) is 0 Å². The average molecular weight is 331 g/mol. The summed E-state index contributed by atoms with van der Waals surface area (Å²) >= 11 is 0. The fourth-order valence-electron chi connectivity index (χ4n) is 3.18. The lowest BCUT2D eigenvalue weighted by atomic mass is 9.95. The molecule has 2 aromatic carbocycles. The number of aryl methyl sites for hydroxylation is 2. The van der Waals surface area contributed by atoms with Crippen LogP contribution in [0.25, 0.3) is 0 Å². The lowest BCUT2D eigenvalue weighted by Crippen LogP contribution is -2.32. The normalized spacial score (nSPS) is 20.2. The number of benzene rings is 2. The van der Waals surface area contributed by atoms with Crippen molar-refractivity contribution < 1.29 is 4.79 Å². The molecule has 0 aliphatic carbocycles. The van der Waals surface area contributed by atoms with E-state index in [-0.39, 0.29) is 30.3 Å². The van der Waals surface area contributed by atoms with E-state index in [0.717, 1.165) is 16.7 Å². The van der Waals surface area contributed by atoms with Crippen molar-refractivity contribution >= 4 is 18.3 Å². The second-order valence-electron chi connectivity index (χ2n) is 6.21. The van der Waals surface area contributed by atoms with Gasteiger partial charge in [-0.05, 0) is 31.0 Å². The van der Waals surface area contributed by atoms with Gasteiger partial charge in [0.1, 0.15) is 0 Å². The van der Waals surface area contributed by atoms with E-state index in [0.29, 0.717) is 13.1 Å². The molecular formula is C19H23ClN2O. The van der Waals surface area contributed by atoms with Crippen LogP contribution in [0.15, 0.2) is 48.5 Å². The van der Waals surface area contributed by atoms with E-state index in [9.17, 15) is 4.79 Å². The van der Waals surface area contributed by atoms with Gasteiger partial charge in [-0.2, -0.15) is 0 Å². The summed E-state index contributed by atoms with van der Waals surface area (Å²) in [5.41, 5.74) is 10.4. The Kier molecular flexibility index (Phi) is 5.45. The van der Waals surface area contributed by atoms with Crippen LogP contribution in [0.4, 0.5) is 0 Å². The Morgan fingerprint density at radius 3 is 2.48 bits per heavy atom. The van der Waals surface area contributed by atoms with Crippen LogP contribution in [0.5, 0.6) is 0 Å². The zero-order chi connectivity index (χ0) is 15.7. The summed E-state index contributed by atoms with van der Waals surface area (Å²) < 4.78 is 0. The van der Waals surface area contributed by atoms with E-state index in [4.69, 9.17) is 5.73 Å². The molecule has 0 radical (unpaired) electrons. The van der Waals surface area contributed by atoms with Gasteiger partial charge < -0.3 is 10.6 Å². The third-order valence-electron chi connectivity index (χ3n) is 4.50. The van der Waals surface area contributed by atoms with Crippen molar-refractivity contribution in [2.24, 2.45) is 5.73 Å². The first-order chi connectivity index (χ1) is 10.6. The third kappa shape index (κ3) is 3.57. The minimum absolute atomic E-state index is 0. The molecular weight excluding hydrogens is 308 g/mol. The number of halogens is 1. The Labute approximate surface area is 143 Å². The number of hydrogen-bond acceptors (Lipinski definition) is 2. The van der Waals surface area contributed by atoms with E-state index in [2.05, 4.69) is 12.1 Å². The monoisotopic (exact) mass is 330 g/mol. The van der Waals surface area contributed by atoms with Crippen molar-refractivity contribution in [2.75, 3.05) is 13.1 Å².